The normalized spacial score (nSPS) is 15.4. The molecule has 0 fully saturated rings. The van der Waals surface area contributed by atoms with E-state index in [4.69, 9.17) is 0 Å². The van der Waals surface area contributed by atoms with Crippen LogP contribution in [-0.4, -0.2) is 0 Å². The molecular formula is C38H54. The van der Waals surface area contributed by atoms with Crippen molar-refractivity contribution < 1.29 is 0 Å². The fraction of sp³-hybridized carbons (Fsp3) is 0.474. The lowest BCUT2D eigenvalue weighted by molar-refractivity contribution is 0.423. The van der Waals surface area contributed by atoms with Crippen molar-refractivity contribution in [3.63, 3.8) is 0 Å². The van der Waals surface area contributed by atoms with E-state index in [2.05, 4.69) is 140 Å². The van der Waals surface area contributed by atoms with E-state index in [0.717, 1.165) is 25.7 Å². The summed E-state index contributed by atoms with van der Waals surface area (Å²) in [6, 6.07) is 22.4. The maximum atomic E-state index is 2.55. The molecule has 0 aliphatic carbocycles. The van der Waals surface area contributed by atoms with Gasteiger partial charge >= 0.3 is 0 Å². The van der Waals surface area contributed by atoms with Crippen LogP contribution in [0.15, 0.2) is 107 Å². The minimum absolute atomic E-state index is 0.511. The summed E-state index contributed by atoms with van der Waals surface area (Å²) in [5.41, 5.74) is 8.80. The van der Waals surface area contributed by atoms with Gasteiger partial charge in [-0.15, -0.1) is 0 Å². The highest BCUT2D eigenvalue weighted by Crippen LogP contribution is 2.38. The quantitative estimate of drug-likeness (QED) is 0.209. The maximum absolute atomic E-state index is 2.55. The monoisotopic (exact) mass is 510 g/mol. The first-order valence-corrected chi connectivity index (χ1v) is 14.9. The maximum Gasteiger partial charge on any atom is -0.0101 e. The van der Waals surface area contributed by atoms with Gasteiger partial charge in [0.05, 0.1) is 0 Å². The molecule has 4 unspecified atom stereocenters. The van der Waals surface area contributed by atoms with Gasteiger partial charge in [0.2, 0.25) is 0 Å². The van der Waals surface area contributed by atoms with E-state index in [0.29, 0.717) is 23.7 Å². The predicted molar refractivity (Wildman–Crippen MR) is 171 cm³/mol. The molecule has 0 aliphatic rings. The van der Waals surface area contributed by atoms with Gasteiger partial charge in [-0.2, -0.15) is 0 Å². The van der Waals surface area contributed by atoms with Crippen molar-refractivity contribution in [2.45, 2.75) is 106 Å². The van der Waals surface area contributed by atoms with Crippen LogP contribution in [0.5, 0.6) is 0 Å². The third-order valence-electron chi connectivity index (χ3n) is 7.79. The summed E-state index contributed by atoms with van der Waals surface area (Å²) in [6.45, 7) is 18.2. The predicted octanol–water partition coefficient (Wildman–Crippen LogP) is 12.0. The Bertz CT molecular complexity index is 952. The van der Waals surface area contributed by atoms with E-state index in [9.17, 15) is 0 Å². The topological polar surface area (TPSA) is 0 Å². The van der Waals surface area contributed by atoms with Gasteiger partial charge in [0.25, 0.3) is 0 Å². The second-order valence-electron chi connectivity index (χ2n) is 12.0. The number of allylic oxidation sites excluding steroid dienone is 8. The summed E-state index contributed by atoms with van der Waals surface area (Å²) in [5.74, 6) is 2.07. The Morgan fingerprint density at radius 3 is 1.21 bits per heavy atom. The molecule has 0 saturated heterocycles. The fourth-order valence-corrected chi connectivity index (χ4v) is 5.70. The molecule has 0 amide bonds. The molecule has 0 heterocycles. The van der Waals surface area contributed by atoms with Crippen LogP contribution in [-0.2, 0) is 0 Å². The van der Waals surface area contributed by atoms with Crippen LogP contribution in [0.1, 0.15) is 117 Å². The lowest BCUT2D eigenvalue weighted by Gasteiger charge is -2.28. The van der Waals surface area contributed by atoms with Gasteiger partial charge in [-0.1, -0.05) is 121 Å². The summed E-state index contributed by atoms with van der Waals surface area (Å²) in [6.07, 6.45) is 16.8. The van der Waals surface area contributed by atoms with Crippen LogP contribution >= 0.6 is 0 Å². The highest BCUT2D eigenvalue weighted by Gasteiger charge is 2.23. The van der Waals surface area contributed by atoms with Crippen molar-refractivity contribution in [1.82, 2.24) is 0 Å². The van der Waals surface area contributed by atoms with E-state index in [-0.39, 0.29) is 0 Å². The summed E-state index contributed by atoms with van der Waals surface area (Å²) < 4.78 is 0. The number of benzene rings is 2. The van der Waals surface area contributed by atoms with Gasteiger partial charge in [0.1, 0.15) is 0 Å². The molecule has 0 spiro atoms. The summed E-state index contributed by atoms with van der Waals surface area (Å²) >= 11 is 0. The molecule has 0 saturated carbocycles. The molecule has 0 aliphatic heterocycles. The Balaban J connectivity index is 2.25. The van der Waals surface area contributed by atoms with E-state index in [1.54, 1.807) is 0 Å². The molecule has 38 heavy (non-hydrogen) atoms. The van der Waals surface area contributed by atoms with E-state index in [1.165, 1.54) is 46.3 Å². The van der Waals surface area contributed by atoms with E-state index in [1.807, 2.05) is 0 Å². The Morgan fingerprint density at radius 1 is 0.553 bits per heavy atom. The zero-order valence-electron chi connectivity index (χ0n) is 25.6. The lowest BCUT2D eigenvalue weighted by atomic mass is 9.76. The Hall–Kier alpha value is -2.60. The van der Waals surface area contributed by atoms with Gasteiger partial charge in [-0.05, 0) is 115 Å². The highest BCUT2D eigenvalue weighted by molar-refractivity contribution is 5.25. The van der Waals surface area contributed by atoms with Gasteiger partial charge in [0.15, 0.2) is 0 Å². The van der Waals surface area contributed by atoms with E-state index < -0.39 is 0 Å². The Kier molecular flexibility index (Phi) is 14.2. The fourth-order valence-electron chi connectivity index (χ4n) is 5.70. The van der Waals surface area contributed by atoms with Crippen LogP contribution in [0.2, 0.25) is 0 Å². The number of hydrogen-bond acceptors (Lipinski definition) is 0. The average molecular weight is 511 g/mol. The summed E-state index contributed by atoms with van der Waals surface area (Å²) in [4.78, 5) is 0. The number of hydrogen-bond donors (Lipinski definition) is 0. The average Bonchev–Trinajstić information content (AvgIpc) is 2.87. The Morgan fingerprint density at radius 2 is 0.895 bits per heavy atom. The summed E-state index contributed by atoms with van der Waals surface area (Å²) in [7, 11) is 0. The molecule has 2 aromatic rings. The van der Waals surface area contributed by atoms with Crippen molar-refractivity contribution in [3.8, 4) is 0 Å². The van der Waals surface area contributed by atoms with Crippen LogP contribution in [0.25, 0.3) is 0 Å². The first kappa shape index (κ1) is 31.6. The smallest absolute Gasteiger partial charge is 0.0101 e. The first-order valence-electron chi connectivity index (χ1n) is 14.9. The molecule has 4 atom stereocenters. The molecule has 0 aromatic heterocycles. The largest absolute Gasteiger partial charge is 0.0856 e. The van der Waals surface area contributed by atoms with Gasteiger partial charge in [-0.3, -0.25) is 0 Å². The molecule has 2 aromatic carbocycles. The van der Waals surface area contributed by atoms with Crippen molar-refractivity contribution in [1.29, 1.82) is 0 Å². The minimum Gasteiger partial charge on any atom is -0.0856 e. The van der Waals surface area contributed by atoms with Crippen LogP contribution < -0.4 is 0 Å². The van der Waals surface area contributed by atoms with Crippen molar-refractivity contribution in [3.05, 3.63) is 118 Å². The highest BCUT2D eigenvalue weighted by atomic mass is 14.3. The minimum atomic E-state index is 0.511. The van der Waals surface area contributed by atoms with Crippen LogP contribution in [0.4, 0.5) is 0 Å². The number of rotatable bonds is 15. The zero-order chi connectivity index (χ0) is 27.9. The molecular weight excluding hydrogens is 456 g/mol. The molecule has 0 radical (unpaired) electrons. The van der Waals surface area contributed by atoms with Gasteiger partial charge < -0.3 is 0 Å². The van der Waals surface area contributed by atoms with Crippen molar-refractivity contribution in [2.24, 2.45) is 11.8 Å². The SMILES string of the molecule is CC(C)=CCC/C(C)=C/C(C)C(CCC(c1ccccc1)C(C)/C=C(\C)CCC=C(C)C)c1ccccc1. The molecule has 0 bridgehead atoms. The third-order valence-corrected chi connectivity index (χ3v) is 7.79. The molecule has 0 N–H and O–H groups in total. The molecule has 206 valence electrons. The molecule has 0 nitrogen and oxygen atoms in total. The van der Waals surface area contributed by atoms with E-state index >= 15 is 0 Å². The standard InChI is InChI=1S/C38H54/c1-29(2)17-15-19-31(5)27-33(7)37(35-21-11-9-12-22-35)25-26-38(36-23-13-10-14-24-36)34(8)28-32(6)20-16-18-30(3)4/h9-14,17-18,21-24,27-28,33-34,37-38H,15-16,19-20,25-26H2,1-8H3/b31-27+,32-28+. The van der Waals surface area contributed by atoms with Gasteiger partial charge in [0, 0.05) is 0 Å². The second-order valence-corrected chi connectivity index (χ2v) is 12.0. The Labute approximate surface area is 235 Å². The van der Waals surface area contributed by atoms with Crippen LogP contribution in [0, 0.1) is 11.8 Å². The third kappa shape index (κ3) is 11.8. The molecule has 2 rings (SSSR count). The first-order chi connectivity index (χ1) is 18.2. The second kappa shape index (κ2) is 17.1. The lowest BCUT2D eigenvalue weighted by Crippen LogP contribution is -2.14. The summed E-state index contributed by atoms with van der Waals surface area (Å²) in [5, 5.41) is 0. The van der Waals surface area contributed by atoms with Crippen LogP contribution in [0.3, 0.4) is 0 Å². The zero-order valence-corrected chi connectivity index (χ0v) is 25.6. The molecule has 0 heteroatoms. The van der Waals surface area contributed by atoms with Crippen molar-refractivity contribution in [2.75, 3.05) is 0 Å². The van der Waals surface area contributed by atoms with Gasteiger partial charge in [-0.25, -0.2) is 0 Å². The van der Waals surface area contributed by atoms with Crippen molar-refractivity contribution >= 4 is 0 Å².